The van der Waals surface area contributed by atoms with E-state index in [0.29, 0.717) is 24.8 Å². The van der Waals surface area contributed by atoms with Crippen molar-refractivity contribution in [3.8, 4) is 5.75 Å². The number of nitrogens with one attached hydrogen (secondary N) is 2. The van der Waals surface area contributed by atoms with Crippen molar-refractivity contribution in [2.45, 2.75) is 18.9 Å². The number of carboxylic acids is 3. The number of ether oxygens (including phenoxy) is 1. The van der Waals surface area contributed by atoms with Crippen LogP contribution in [0.15, 0.2) is 42.5 Å². The zero-order chi connectivity index (χ0) is 28.2. The summed E-state index contributed by atoms with van der Waals surface area (Å²) in [6.07, 6.45) is -1.77. The number of carbonyl (C=O) groups excluding carboxylic acids is 2. The molecule has 0 saturated carbocycles. The van der Waals surface area contributed by atoms with Gasteiger partial charge in [0.05, 0.1) is 11.1 Å². The number of carbonyl (C=O) groups is 5. The van der Waals surface area contributed by atoms with Crippen LogP contribution < -0.4 is 20.3 Å². The molecule has 0 aliphatic rings. The molecular formula is C24H25Cl2N3O9. The van der Waals surface area contributed by atoms with E-state index in [1.165, 1.54) is 12.1 Å². The third-order valence-corrected chi connectivity index (χ3v) is 5.42. The topological polar surface area (TPSA) is 183 Å². The van der Waals surface area contributed by atoms with Crippen molar-refractivity contribution < 1.29 is 44.0 Å². The lowest BCUT2D eigenvalue weighted by molar-refractivity contribution is -0.139. The summed E-state index contributed by atoms with van der Waals surface area (Å²) in [6.45, 7) is 1.13. The van der Waals surface area contributed by atoms with Crippen LogP contribution in [0.4, 0.5) is 16.2 Å². The zero-order valence-electron chi connectivity index (χ0n) is 19.9. The van der Waals surface area contributed by atoms with E-state index in [-0.39, 0.29) is 35.4 Å². The van der Waals surface area contributed by atoms with E-state index in [2.05, 4.69) is 10.6 Å². The number of anilines is 2. The third-order valence-electron chi connectivity index (χ3n) is 5.08. The molecule has 0 fully saturated rings. The first-order valence-electron chi connectivity index (χ1n) is 11.1. The number of amides is 2. The molecular weight excluding hydrogens is 545 g/mol. The van der Waals surface area contributed by atoms with E-state index in [1.54, 1.807) is 12.1 Å². The van der Waals surface area contributed by atoms with E-state index in [1.807, 2.05) is 4.90 Å². The van der Waals surface area contributed by atoms with Crippen LogP contribution in [0.25, 0.3) is 0 Å². The zero-order valence-corrected chi connectivity index (χ0v) is 21.4. The minimum atomic E-state index is -1.48. The summed E-state index contributed by atoms with van der Waals surface area (Å²) in [5, 5.41) is 32.2. The van der Waals surface area contributed by atoms with E-state index >= 15 is 0 Å². The highest BCUT2D eigenvalue weighted by Gasteiger charge is 2.22. The van der Waals surface area contributed by atoms with E-state index in [0.717, 1.165) is 23.9 Å². The van der Waals surface area contributed by atoms with Gasteiger partial charge in [0.15, 0.2) is 0 Å². The van der Waals surface area contributed by atoms with Gasteiger partial charge in [0, 0.05) is 42.6 Å². The maximum absolute atomic E-state index is 12.3. The Balaban J connectivity index is 1.96. The van der Waals surface area contributed by atoms with Crippen LogP contribution in [-0.2, 0) is 9.59 Å². The summed E-state index contributed by atoms with van der Waals surface area (Å²) in [4.78, 5) is 60.5. The van der Waals surface area contributed by atoms with Gasteiger partial charge in [-0.25, -0.2) is 19.2 Å². The van der Waals surface area contributed by atoms with Crippen LogP contribution in [0.2, 0.25) is 0 Å². The third kappa shape index (κ3) is 9.45. The van der Waals surface area contributed by atoms with Crippen molar-refractivity contribution in [2.24, 2.45) is 0 Å². The molecule has 0 aliphatic carbocycles. The number of nitrogens with zero attached hydrogens (tertiary/aromatic N) is 1. The molecule has 12 nitrogen and oxygen atoms in total. The van der Waals surface area contributed by atoms with E-state index in [4.69, 9.17) is 38.2 Å². The number of rotatable bonds is 14. The summed E-state index contributed by atoms with van der Waals surface area (Å²) >= 11 is 11.6. The molecule has 0 aromatic heterocycles. The molecule has 204 valence electrons. The maximum atomic E-state index is 12.3. The first kappa shape index (κ1) is 30.2. The molecule has 0 unspecified atom stereocenters. The Morgan fingerprint density at radius 2 is 1.42 bits per heavy atom. The highest BCUT2D eigenvalue weighted by Crippen LogP contribution is 2.20. The Bertz CT molecular complexity index is 1140. The van der Waals surface area contributed by atoms with Crippen LogP contribution in [-0.4, -0.2) is 76.1 Å². The molecule has 1 atom stereocenters. The highest BCUT2D eigenvalue weighted by atomic mass is 35.5. The van der Waals surface area contributed by atoms with Crippen LogP contribution in [0.3, 0.4) is 0 Å². The fraction of sp³-hybridized carbons (Fsp3) is 0.292. The highest BCUT2D eigenvalue weighted by molar-refractivity contribution is 6.18. The second-order valence-corrected chi connectivity index (χ2v) is 8.54. The molecule has 0 spiro atoms. The molecule has 5 N–H and O–H groups in total. The monoisotopic (exact) mass is 569 g/mol. The molecule has 2 aromatic carbocycles. The Kier molecular flexibility index (Phi) is 11.6. The second kappa shape index (κ2) is 14.6. The number of hydrogen-bond donors (Lipinski definition) is 5. The second-order valence-electron chi connectivity index (χ2n) is 7.78. The van der Waals surface area contributed by atoms with Gasteiger partial charge in [-0.05, 0) is 48.9 Å². The largest absolute Gasteiger partial charge is 0.480 e. The number of hydrogen-bond acceptors (Lipinski definition) is 7. The molecule has 2 aromatic rings. The number of benzene rings is 2. The number of alkyl halides is 2. The Labute approximate surface area is 227 Å². The lowest BCUT2D eigenvalue weighted by Gasteiger charge is -2.23. The molecule has 38 heavy (non-hydrogen) atoms. The van der Waals surface area contributed by atoms with Gasteiger partial charge < -0.3 is 35.6 Å². The van der Waals surface area contributed by atoms with Crippen molar-refractivity contribution in [1.82, 2.24) is 5.32 Å². The van der Waals surface area contributed by atoms with Gasteiger partial charge in [0.1, 0.15) is 11.8 Å². The summed E-state index contributed by atoms with van der Waals surface area (Å²) in [7, 11) is 0. The van der Waals surface area contributed by atoms with Gasteiger partial charge in [-0.3, -0.25) is 4.79 Å². The van der Waals surface area contributed by atoms with Gasteiger partial charge in [0.2, 0.25) is 5.91 Å². The summed E-state index contributed by atoms with van der Waals surface area (Å²) in [5.41, 5.74) is 0.00206. The molecule has 2 rings (SSSR count). The lowest BCUT2D eigenvalue weighted by atomic mass is 10.1. The number of aliphatic carboxylic acids is 1. The quantitative estimate of drug-likeness (QED) is 0.211. The first-order chi connectivity index (χ1) is 18.0. The van der Waals surface area contributed by atoms with E-state index < -0.39 is 36.0 Å². The van der Waals surface area contributed by atoms with E-state index in [9.17, 15) is 29.1 Å². The summed E-state index contributed by atoms with van der Waals surface area (Å²) in [5.74, 6) is -3.99. The van der Waals surface area contributed by atoms with Crippen LogP contribution >= 0.6 is 23.2 Å². The van der Waals surface area contributed by atoms with Crippen molar-refractivity contribution >= 4 is 64.5 Å². The van der Waals surface area contributed by atoms with Gasteiger partial charge >= 0.3 is 24.0 Å². The molecule has 0 heterocycles. The number of halogens is 2. The van der Waals surface area contributed by atoms with Crippen molar-refractivity contribution in [3.05, 3.63) is 53.6 Å². The van der Waals surface area contributed by atoms with Crippen molar-refractivity contribution in [1.29, 1.82) is 0 Å². The molecule has 0 saturated heterocycles. The predicted octanol–water partition coefficient (Wildman–Crippen LogP) is 3.33. The molecule has 0 bridgehead atoms. The number of carboxylic acid groups (broad SMARTS) is 3. The fourth-order valence-corrected chi connectivity index (χ4v) is 3.69. The summed E-state index contributed by atoms with van der Waals surface area (Å²) < 4.78 is 5.13. The predicted molar refractivity (Wildman–Crippen MR) is 139 cm³/mol. The minimum absolute atomic E-state index is 0.0920. The standard InChI is InChI=1S/C24H25Cl2N3O9/c25-7-9-29(10-8-26)17-1-3-18(4-2-17)38-24(37)28-19(23(35)36)5-6-20(30)27-16-12-14(21(31)32)11-15(13-16)22(33)34/h1-4,11-13,19H,5-10H2,(H,27,30)(H,28,37)(H,31,32)(H,33,34)(H,35,36)/t19-/m0/s1. The van der Waals surface area contributed by atoms with Crippen molar-refractivity contribution in [2.75, 3.05) is 35.1 Å². The molecule has 2 amide bonds. The van der Waals surface area contributed by atoms with Gasteiger partial charge in [-0.2, -0.15) is 0 Å². The number of aromatic carboxylic acids is 2. The van der Waals surface area contributed by atoms with Gasteiger partial charge in [-0.15, -0.1) is 23.2 Å². The average Bonchev–Trinajstić information content (AvgIpc) is 2.86. The Morgan fingerprint density at radius 3 is 1.89 bits per heavy atom. The minimum Gasteiger partial charge on any atom is -0.480 e. The average molecular weight is 570 g/mol. The first-order valence-corrected chi connectivity index (χ1v) is 12.2. The molecule has 14 heteroatoms. The Morgan fingerprint density at radius 1 is 0.868 bits per heavy atom. The molecule has 0 aliphatic heterocycles. The van der Waals surface area contributed by atoms with Crippen molar-refractivity contribution in [3.63, 3.8) is 0 Å². The van der Waals surface area contributed by atoms with Gasteiger partial charge in [-0.1, -0.05) is 0 Å². The Hall–Kier alpha value is -4.03. The SMILES string of the molecule is O=C(CC[C@H](NC(=O)Oc1ccc(N(CCCl)CCCl)cc1)C(=O)O)Nc1cc(C(=O)O)cc(C(=O)O)c1. The lowest BCUT2D eigenvalue weighted by Crippen LogP contribution is -2.42. The van der Waals surface area contributed by atoms with Crippen LogP contribution in [0.5, 0.6) is 5.75 Å². The fourth-order valence-electron chi connectivity index (χ4n) is 3.28. The smallest absolute Gasteiger partial charge is 0.413 e. The van der Waals surface area contributed by atoms with Gasteiger partial charge in [0.25, 0.3) is 0 Å². The molecule has 0 radical (unpaired) electrons. The normalized spacial score (nSPS) is 11.2. The van der Waals surface area contributed by atoms with Crippen LogP contribution in [0, 0.1) is 0 Å². The van der Waals surface area contributed by atoms with Crippen LogP contribution in [0.1, 0.15) is 33.6 Å². The maximum Gasteiger partial charge on any atom is 0.413 e. The summed E-state index contributed by atoms with van der Waals surface area (Å²) in [6, 6.07) is 8.00.